The maximum atomic E-state index is 10.9. The molecule has 0 atom stereocenters. The van der Waals surface area contributed by atoms with E-state index in [0.717, 1.165) is 0 Å². The molecular weight excluding hydrogens is 254 g/mol. The Morgan fingerprint density at radius 3 is 1.33 bits per heavy atom. The Kier molecular flexibility index (Phi) is 9.30. The van der Waals surface area contributed by atoms with Crippen molar-refractivity contribution in [2.45, 2.75) is 18.4 Å². The molecule has 0 aromatic heterocycles. The number of quaternary nitrogens is 1. The average molecular weight is 262 g/mol. The molecule has 0 saturated heterocycles. The summed E-state index contributed by atoms with van der Waals surface area (Å²) in [6.07, 6.45) is -2.94. The van der Waals surface area contributed by atoms with Gasteiger partial charge in [0.2, 0.25) is 0 Å². The van der Waals surface area contributed by atoms with Gasteiger partial charge in [0.1, 0.15) is 0 Å². The summed E-state index contributed by atoms with van der Waals surface area (Å²) in [5.41, 5.74) is -3.22. The second-order valence-corrected chi connectivity index (χ2v) is 2.38. The molecule has 0 heterocycles. The van der Waals surface area contributed by atoms with Crippen LogP contribution in [0.25, 0.3) is 0 Å². The third-order valence-corrected chi connectivity index (χ3v) is 1.23. The number of hydrogen-bond acceptors (Lipinski definition) is 7. The standard InChI is InChI=1S/C6H7O7.Fe.H3N/c7-3(8)1-6(13,5(11)12)2-4(9)10;;/h1-2H2,(H,7,8)(H,9,10)(H,11,12);;1H3/q-1;+3;/p-2. The van der Waals surface area contributed by atoms with Gasteiger partial charge in [-0.2, -0.15) is 0 Å². The molecule has 0 fully saturated rings. The van der Waals surface area contributed by atoms with E-state index in [1.165, 1.54) is 0 Å². The zero-order valence-corrected chi connectivity index (χ0v) is 8.73. The molecule has 0 aromatic carbocycles. The van der Waals surface area contributed by atoms with Crippen molar-refractivity contribution in [2.24, 2.45) is 0 Å². The Morgan fingerprint density at radius 1 is 0.933 bits per heavy atom. The monoisotopic (exact) mass is 262 g/mol. The third kappa shape index (κ3) is 6.86. The minimum atomic E-state index is -3.22. The van der Waals surface area contributed by atoms with E-state index in [9.17, 15) is 34.8 Å². The van der Waals surface area contributed by atoms with Crippen LogP contribution in [0.15, 0.2) is 0 Å². The van der Waals surface area contributed by atoms with Crippen LogP contribution in [0.5, 0.6) is 0 Å². The van der Waals surface area contributed by atoms with Gasteiger partial charge in [-0.1, -0.05) is 5.60 Å². The summed E-state index contributed by atoms with van der Waals surface area (Å²) in [4.78, 5) is 29.9. The molecule has 1 radical (unpaired) electrons. The first-order valence-electron chi connectivity index (χ1n) is 3.09. The van der Waals surface area contributed by atoms with Crippen molar-refractivity contribution in [2.75, 3.05) is 0 Å². The summed E-state index contributed by atoms with van der Waals surface area (Å²) < 4.78 is 0. The fraction of sp³-hybridized carbons (Fsp3) is 0.500. The number of carboxylic acids is 3. The normalized spacial score (nSPS) is 9.40. The van der Waals surface area contributed by atoms with Crippen molar-refractivity contribution < 1.29 is 51.9 Å². The van der Waals surface area contributed by atoms with Crippen molar-refractivity contribution in [1.29, 1.82) is 0 Å². The van der Waals surface area contributed by atoms with Crippen molar-refractivity contribution in [3.8, 4) is 0 Å². The molecule has 0 rings (SSSR count). The molecular formula is C6H8FeNO7. The van der Waals surface area contributed by atoms with Gasteiger partial charge in [-0.3, -0.25) is 0 Å². The number of hydrogen-bond donors (Lipinski definition) is 1. The molecule has 0 aliphatic rings. The van der Waals surface area contributed by atoms with Crippen LogP contribution in [0.1, 0.15) is 12.8 Å². The summed E-state index contributed by atoms with van der Waals surface area (Å²) in [6.45, 7) is 0. The van der Waals surface area contributed by atoms with E-state index in [4.69, 9.17) is 0 Å². The first kappa shape index (κ1) is 19.4. The summed E-state index contributed by atoms with van der Waals surface area (Å²) in [6, 6.07) is 0. The Labute approximate surface area is 95.0 Å². The predicted octanol–water partition coefficient (Wildman–Crippen LogP) is -5.51. The van der Waals surface area contributed by atoms with E-state index < -0.39 is 36.4 Å². The second-order valence-electron chi connectivity index (χ2n) is 2.38. The van der Waals surface area contributed by atoms with Gasteiger partial charge in [-0.05, 0) is 12.8 Å². The van der Waals surface area contributed by atoms with Gasteiger partial charge in [-0.15, -0.1) is 0 Å². The molecule has 0 aliphatic carbocycles. The number of carbonyl (C=O) groups is 3. The van der Waals surface area contributed by atoms with Crippen LogP contribution in [-0.2, 0) is 31.5 Å². The van der Waals surface area contributed by atoms with E-state index in [0.29, 0.717) is 0 Å². The minimum absolute atomic E-state index is 0. The fourth-order valence-electron chi connectivity index (χ4n) is 0.673. The molecule has 0 saturated carbocycles. The second kappa shape index (κ2) is 7.18. The first-order chi connectivity index (χ1) is 5.78. The van der Waals surface area contributed by atoms with Gasteiger partial charge in [0, 0.05) is 17.9 Å². The molecule has 4 N–H and O–H groups in total. The maximum Gasteiger partial charge on any atom is 3.00 e. The van der Waals surface area contributed by atoms with Crippen molar-refractivity contribution in [3.63, 3.8) is 0 Å². The smallest absolute Gasteiger partial charge is 0.845 e. The molecule has 8 nitrogen and oxygen atoms in total. The number of rotatable bonds is 5. The van der Waals surface area contributed by atoms with E-state index in [2.05, 4.69) is 0 Å². The van der Waals surface area contributed by atoms with Gasteiger partial charge in [-0.25, -0.2) is 0 Å². The predicted molar refractivity (Wildman–Crippen MR) is 33.0 cm³/mol. The molecule has 0 unspecified atom stereocenters. The summed E-state index contributed by atoms with van der Waals surface area (Å²) >= 11 is 0. The van der Waals surface area contributed by atoms with Gasteiger partial charge < -0.3 is 41.0 Å². The van der Waals surface area contributed by atoms with E-state index >= 15 is 0 Å². The van der Waals surface area contributed by atoms with E-state index in [-0.39, 0.29) is 23.2 Å². The van der Waals surface area contributed by atoms with Crippen LogP contribution in [0.3, 0.4) is 0 Å². The van der Waals surface area contributed by atoms with Gasteiger partial charge in [0.15, 0.2) is 0 Å². The third-order valence-electron chi connectivity index (χ3n) is 1.23. The van der Waals surface area contributed by atoms with Crippen LogP contribution in [0.2, 0.25) is 0 Å². The van der Waals surface area contributed by atoms with Crippen LogP contribution >= 0.6 is 0 Å². The average Bonchev–Trinajstić information content (AvgIpc) is 1.82. The van der Waals surface area contributed by atoms with E-state index in [1.54, 1.807) is 0 Å². The molecule has 15 heavy (non-hydrogen) atoms. The molecule has 9 heteroatoms. The van der Waals surface area contributed by atoms with Gasteiger partial charge >= 0.3 is 17.1 Å². The van der Waals surface area contributed by atoms with E-state index in [1.807, 2.05) is 0 Å². The van der Waals surface area contributed by atoms with Crippen LogP contribution in [0, 0.1) is 0 Å². The summed E-state index contributed by atoms with van der Waals surface area (Å²) in [5.74, 6) is -6.22. The molecule has 0 aliphatic heterocycles. The van der Waals surface area contributed by atoms with Crippen LogP contribution < -0.4 is 26.6 Å². The zero-order valence-electron chi connectivity index (χ0n) is 7.63. The van der Waals surface area contributed by atoms with Gasteiger partial charge in [0.25, 0.3) is 0 Å². The molecule has 0 bridgehead atoms. The number of aliphatic carboxylic acids is 3. The minimum Gasteiger partial charge on any atom is -0.845 e. The molecule has 0 aromatic rings. The zero-order chi connectivity index (χ0) is 10.6. The SMILES string of the molecule is O=C([O-])CC([O-])(CC(=O)[O-])C(=O)[O-].[Fe+3].[NH4+]. The molecule has 0 spiro atoms. The topological polar surface area (TPSA) is 180 Å². The van der Waals surface area contributed by atoms with Crippen LogP contribution in [0.4, 0.5) is 0 Å². The summed E-state index contributed by atoms with van der Waals surface area (Å²) in [7, 11) is 0. The van der Waals surface area contributed by atoms with Crippen LogP contribution in [-0.4, -0.2) is 23.5 Å². The largest absolute Gasteiger partial charge is 3.00 e. The Balaban J connectivity index is -0.000000720. The Morgan fingerprint density at radius 2 is 1.20 bits per heavy atom. The van der Waals surface area contributed by atoms with Crippen molar-refractivity contribution in [1.82, 2.24) is 6.15 Å². The van der Waals surface area contributed by atoms with Gasteiger partial charge in [0.05, 0.1) is 0 Å². The van der Waals surface area contributed by atoms with Crippen molar-refractivity contribution in [3.05, 3.63) is 0 Å². The maximum absolute atomic E-state index is 10.9. The van der Waals surface area contributed by atoms with Crippen molar-refractivity contribution >= 4 is 17.9 Å². The summed E-state index contributed by atoms with van der Waals surface area (Å²) in [5, 5.41) is 40.8. The fourth-order valence-corrected chi connectivity index (χ4v) is 0.673. The first-order valence-corrected chi connectivity index (χ1v) is 3.09. The quantitative estimate of drug-likeness (QED) is 0.479. The molecule has 87 valence electrons. The number of carboxylic acid groups (broad SMARTS) is 3. The Hall–Kier alpha value is -1.15. The number of carbonyl (C=O) groups excluding carboxylic acids is 3. The molecule has 0 amide bonds. The Bertz CT molecular complexity index is 238.